The van der Waals surface area contributed by atoms with Gasteiger partial charge in [-0.2, -0.15) is 4.31 Å². The summed E-state index contributed by atoms with van der Waals surface area (Å²) in [5.74, 6) is -0.0119. The number of Topliss-reactive ketones (excluding diaryl/α,β-unsaturated/α-hetero) is 1. The molecule has 1 atom stereocenters. The number of ketones is 1. The summed E-state index contributed by atoms with van der Waals surface area (Å²) in [5.41, 5.74) is 0.0534. The first kappa shape index (κ1) is 17.2. The number of carbonyl (C=O) groups excluding carboxylic acids is 1. The maximum absolute atomic E-state index is 13.3. The van der Waals surface area contributed by atoms with Crippen LogP contribution in [0.5, 0.6) is 5.75 Å². The van der Waals surface area contributed by atoms with Crippen LogP contribution in [0.15, 0.2) is 47.4 Å². The van der Waals surface area contributed by atoms with Gasteiger partial charge in [0.2, 0.25) is 10.0 Å². The van der Waals surface area contributed by atoms with Gasteiger partial charge in [-0.15, -0.1) is 0 Å². The molecule has 0 saturated carbocycles. The molecule has 0 aromatic heterocycles. The van der Waals surface area contributed by atoms with E-state index in [1.54, 1.807) is 31.2 Å². The number of nitrogens with zero attached hydrogens (tertiary/aromatic N) is 1. The lowest BCUT2D eigenvalue weighted by atomic mass is 9.89. The number of hydrogen-bond acceptors (Lipinski definition) is 4. The van der Waals surface area contributed by atoms with E-state index in [-0.39, 0.29) is 30.2 Å². The maximum atomic E-state index is 13.3. The first-order valence-corrected chi connectivity index (χ1v) is 9.82. The average Bonchev–Trinajstić information content (AvgIpc) is 2.98. The molecule has 0 amide bonds. The van der Waals surface area contributed by atoms with E-state index in [2.05, 4.69) is 0 Å². The molecule has 4 rings (SSSR count). The lowest BCUT2D eigenvalue weighted by Gasteiger charge is -2.34. The topological polar surface area (TPSA) is 63.7 Å². The summed E-state index contributed by atoms with van der Waals surface area (Å²) in [6.45, 7) is 1.93. The van der Waals surface area contributed by atoms with E-state index in [1.165, 1.54) is 16.4 Å². The number of carbonyl (C=O) groups is 1. The Morgan fingerprint density at radius 1 is 1.19 bits per heavy atom. The Bertz CT molecular complexity index is 1000. The number of halogens is 1. The van der Waals surface area contributed by atoms with Crippen LogP contribution in [-0.2, 0) is 10.0 Å². The quantitative estimate of drug-likeness (QED) is 0.810. The minimum Gasteiger partial charge on any atom is -0.485 e. The third-order valence-corrected chi connectivity index (χ3v) is 7.04. The van der Waals surface area contributed by atoms with Crippen LogP contribution in [0.3, 0.4) is 0 Å². The second-order valence-electron chi connectivity index (χ2n) is 6.88. The highest BCUT2D eigenvalue weighted by Gasteiger charge is 2.49. The molecule has 0 N–H and O–H groups in total. The molecule has 1 saturated heterocycles. The van der Waals surface area contributed by atoms with Gasteiger partial charge in [-0.1, -0.05) is 12.1 Å². The molecule has 2 aliphatic heterocycles. The van der Waals surface area contributed by atoms with E-state index in [0.717, 1.165) is 6.07 Å². The first-order chi connectivity index (χ1) is 12.3. The largest absolute Gasteiger partial charge is 0.485 e. The van der Waals surface area contributed by atoms with Crippen molar-refractivity contribution in [2.45, 2.75) is 30.3 Å². The van der Waals surface area contributed by atoms with E-state index in [4.69, 9.17) is 4.74 Å². The Hall–Kier alpha value is -2.25. The SMILES string of the molecule is Cc1cc(F)ccc1S(=O)(=O)N1CCC2(CC(=O)c3ccccc3O2)C1. The fourth-order valence-electron chi connectivity index (χ4n) is 3.73. The molecule has 7 heteroatoms. The summed E-state index contributed by atoms with van der Waals surface area (Å²) in [6, 6.07) is 10.6. The van der Waals surface area contributed by atoms with Crippen molar-refractivity contribution < 1.29 is 22.3 Å². The average molecular weight is 375 g/mol. The summed E-state index contributed by atoms with van der Waals surface area (Å²) >= 11 is 0. The number of sulfonamides is 1. The predicted molar refractivity (Wildman–Crippen MR) is 93.3 cm³/mol. The van der Waals surface area contributed by atoms with Crippen molar-refractivity contribution in [2.75, 3.05) is 13.1 Å². The standard InChI is InChI=1S/C19H18FNO4S/c1-13-10-14(20)6-7-18(13)26(23,24)21-9-8-19(12-21)11-16(22)15-4-2-3-5-17(15)25-19/h2-7,10H,8-9,11-12H2,1H3. The molecule has 0 aliphatic carbocycles. The van der Waals surface area contributed by atoms with Crippen molar-refractivity contribution in [1.29, 1.82) is 0 Å². The molecule has 2 heterocycles. The Balaban J connectivity index is 1.64. The van der Waals surface area contributed by atoms with Crippen LogP contribution >= 0.6 is 0 Å². The molecule has 2 aromatic carbocycles. The number of fused-ring (bicyclic) bond motifs is 1. The van der Waals surface area contributed by atoms with Gasteiger partial charge in [-0.25, -0.2) is 12.8 Å². The van der Waals surface area contributed by atoms with E-state index >= 15 is 0 Å². The molecule has 2 aliphatic rings. The summed E-state index contributed by atoms with van der Waals surface area (Å²) in [6.07, 6.45) is 0.588. The summed E-state index contributed by atoms with van der Waals surface area (Å²) in [5, 5.41) is 0. The van der Waals surface area contributed by atoms with Gasteiger partial charge >= 0.3 is 0 Å². The highest BCUT2D eigenvalue weighted by Crippen LogP contribution is 2.40. The number of hydrogen-bond donors (Lipinski definition) is 0. The number of ether oxygens (including phenoxy) is 1. The van der Waals surface area contributed by atoms with Gasteiger partial charge < -0.3 is 4.74 Å². The van der Waals surface area contributed by atoms with Gasteiger partial charge in [-0.3, -0.25) is 4.79 Å². The minimum absolute atomic E-state index is 0.0379. The van der Waals surface area contributed by atoms with Crippen molar-refractivity contribution in [3.05, 3.63) is 59.4 Å². The Morgan fingerprint density at radius 2 is 1.96 bits per heavy atom. The van der Waals surface area contributed by atoms with Crippen LogP contribution in [0.1, 0.15) is 28.8 Å². The molecule has 1 unspecified atom stereocenters. The third kappa shape index (κ3) is 2.71. The molecule has 136 valence electrons. The smallest absolute Gasteiger partial charge is 0.243 e. The van der Waals surface area contributed by atoms with Gasteiger partial charge in [-0.05, 0) is 42.8 Å². The maximum Gasteiger partial charge on any atom is 0.243 e. The van der Waals surface area contributed by atoms with Crippen LogP contribution in [0.2, 0.25) is 0 Å². The van der Waals surface area contributed by atoms with Crippen LogP contribution in [-0.4, -0.2) is 37.2 Å². The van der Waals surface area contributed by atoms with E-state index in [9.17, 15) is 17.6 Å². The zero-order chi connectivity index (χ0) is 18.5. The fraction of sp³-hybridized carbons (Fsp3) is 0.316. The molecule has 5 nitrogen and oxygen atoms in total. The van der Waals surface area contributed by atoms with Gasteiger partial charge in [0.1, 0.15) is 17.2 Å². The first-order valence-electron chi connectivity index (χ1n) is 8.38. The highest BCUT2D eigenvalue weighted by molar-refractivity contribution is 7.89. The second kappa shape index (κ2) is 5.89. The van der Waals surface area contributed by atoms with Crippen molar-refractivity contribution in [3.8, 4) is 5.75 Å². The molecular weight excluding hydrogens is 357 g/mol. The summed E-state index contributed by atoms with van der Waals surface area (Å²) < 4.78 is 46.7. The Morgan fingerprint density at radius 3 is 2.73 bits per heavy atom. The molecule has 0 bridgehead atoms. The number of para-hydroxylation sites is 1. The van der Waals surface area contributed by atoms with Crippen molar-refractivity contribution in [3.63, 3.8) is 0 Å². The van der Waals surface area contributed by atoms with Crippen molar-refractivity contribution in [1.82, 2.24) is 4.31 Å². The summed E-state index contributed by atoms with van der Waals surface area (Å²) in [4.78, 5) is 12.6. The molecule has 1 fully saturated rings. The Labute approximate surface area is 151 Å². The van der Waals surface area contributed by atoms with Crippen LogP contribution in [0.25, 0.3) is 0 Å². The van der Waals surface area contributed by atoms with Crippen LogP contribution < -0.4 is 4.74 Å². The van der Waals surface area contributed by atoms with Gasteiger partial charge in [0, 0.05) is 13.0 Å². The monoisotopic (exact) mass is 375 g/mol. The van der Waals surface area contributed by atoms with E-state index < -0.39 is 21.4 Å². The van der Waals surface area contributed by atoms with Gasteiger partial charge in [0.25, 0.3) is 0 Å². The molecule has 1 spiro atoms. The lowest BCUT2D eigenvalue weighted by molar-refractivity contribution is 0.0498. The van der Waals surface area contributed by atoms with E-state index in [0.29, 0.717) is 23.3 Å². The molecule has 26 heavy (non-hydrogen) atoms. The summed E-state index contributed by atoms with van der Waals surface area (Å²) in [7, 11) is -3.78. The number of benzene rings is 2. The number of aryl methyl sites for hydroxylation is 1. The van der Waals surface area contributed by atoms with E-state index in [1.807, 2.05) is 0 Å². The predicted octanol–water partition coefficient (Wildman–Crippen LogP) is 2.93. The Kier molecular flexibility index (Phi) is 3.89. The molecular formula is C19H18FNO4S. The normalized spacial score (nSPS) is 23.1. The molecule has 0 radical (unpaired) electrons. The van der Waals surface area contributed by atoms with Crippen molar-refractivity contribution in [2.24, 2.45) is 0 Å². The zero-order valence-corrected chi connectivity index (χ0v) is 15.1. The van der Waals surface area contributed by atoms with Crippen LogP contribution in [0, 0.1) is 12.7 Å². The molecule has 2 aromatic rings. The highest BCUT2D eigenvalue weighted by atomic mass is 32.2. The lowest BCUT2D eigenvalue weighted by Crippen LogP contribution is -2.45. The minimum atomic E-state index is -3.78. The fourth-order valence-corrected chi connectivity index (χ4v) is 5.45. The second-order valence-corrected chi connectivity index (χ2v) is 8.79. The number of rotatable bonds is 2. The van der Waals surface area contributed by atoms with Crippen molar-refractivity contribution >= 4 is 15.8 Å². The third-order valence-electron chi connectivity index (χ3n) is 5.03. The zero-order valence-electron chi connectivity index (χ0n) is 14.2. The van der Waals surface area contributed by atoms with Gasteiger partial charge in [0.05, 0.1) is 23.4 Å². The van der Waals surface area contributed by atoms with Gasteiger partial charge in [0.15, 0.2) is 5.78 Å². The van der Waals surface area contributed by atoms with Crippen LogP contribution in [0.4, 0.5) is 4.39 Å².